The fourth-order valence-corrected chi connectivity index (χ4v) is 6.04. The lowest BCUT2D eigenvalue weighted by Crippen LogP contribution is -2.36. The highest BCUT2D eigenvalue weighted by atomic mass is 32.2. The summed E-state index contributed by atoms with van der Waals surface area (Å²) in [4.78, 5) is 28.1. The third-order valence-electron chi connectivity index (χ3n) is 4.93. The van der Waals surface area contributed by atoms with Crippen LogP contribution in [0.25, 0.3) is 10.2 Å². The number of amides is 3. The van der Waals surface area contributed by atoms with Crippen LogP contribution in [0.4, 0.5) is 9.93 Å². The van der Waals surface area contributed by atoms with E-state index in [1.807, 2.05) is 30.0 Å². The molecule has 9 heteroatoms. The molecule has 3 amide bonds. The summed E-state index contributed by atoms with van der Waals surface area (Å²) in [5.41, 5.74) is 0.778. The number of carbonyl (C=O) groups excluding carboxylic acids is 2. The second-order valence-electron chi connectivity index (χ2n) is 6.74. The van der Waals surface area contributed by atoms with Gasteiger partial charge in [0.05, 0.1) is 23.9 Å². The van der Waals surface area contributed by atoms with Crippen molar-refractivity contribution in [1.29, 1.82) is 0 Å². The van der Waals surface area contributed by atoms with Gasteiger partial charge < -0.3 is 20.7 Å². The van der Waals surface area contributed by atoms with Crippen molar-refractivity contribution in [3.05, 3.63) is 18.2 Å². The van der Waals surface area contributed by atoms with Gasteiger partial charge in [0.1, 0.15) is 11.3 Å². The number of thioether (sulfide) groups is 1. The first-order valence-electron chi connectivity index (χ1n) is 9.06. The van der Waals surface area contributed by atoms with E-state index in [1.165, 1.54) is 11.3 Å². The van der Waals surface area contributed by atoms with E-state index in [-0.39, 0.29) is 24.0 Å². The molecule has 2 aromatic rings. The van der Waals surface area contributed by atoms with Gasteiger partial charge in [0, 0.05) is 17.4 Å². The molecule has 144 valence electrons. The van der Waals surface area contributed by atoms with Crippen molar-refractivity contribution in [2.45, 2.75) is 43.0 Å². The number of anilines is 1. The average molecular weight is 407 g/mol. The number of hydrogen-bond donors (Lipinski definition) is 3. The van der Waals surface area contributed by atoms with Gasteiger partial charge in [0.15, 0.2) is 5.13 Å². The molecule has 0 saturated carbocycles. The molecule has 0 aliphatic carbocycles. The van der Waals surface area contributed by atoms with Gasteiger partial charge in [0.2, 0.25) is 5.91 Å². The summed E-state index contributed by atoms with van der Waals surface area (Å²) in [6.45, 7) is 0. The van der Waals surface area contributed by atoms with Crippen molar-refractivity contribution in [3.8, 4) is 5.75 Å². The number of urea groups is 1. The summed E-state index contributed by atoms with van der Waals surface area (Å²) in [7, 11) is 1.62. The first-order valence-corrected chi connectivity index (χ1v) is 10.9. The zero-order valence-corrected chi connectivity index (χ0v) is 16.6. The molecule has 7 nitrogen and oxygen atoms in total. The zero-order valence-electron chi connectivity index (χ0n) is 15.0. The third kappa shape index (κ3) is 3.98. The lowest BCUT2D eigenvalue weighted by Gasteiger charge is -2.16. The number of methoxy groups -OCH3 is 1. The van der Waals surface area contributed by atoms with Crippen molar-refractivity contribution in [3.63, 3.8) is 0 Å². The maximum atomic E-state index is 12.2. The smallest absolute Gasteiger partial charge is 0.315 e. The van der Waals surface area contributed by atoms with Crippen LogP contribution >= 0.6 is 23.1 Å². The predicted molar refractivity (Wildman–Crippen MR) is 109 cm³/mol. The SMILES string of the molecule is COc1cccc2sc(NC(=O)CCCC[C@@H]3SC[C@@H]4NC(=O)N[C@@H]43)nc12. The summed E-state index contributed by atoms with van der Waals surface area (Å²) in [6, 6.07) is 6.18. The molecule has 0 radical (unpaired) electrons. The van der Waals surface area contributed by atoms with E-state index < -0.39 is 0 Å². The molecule has 0 unspecified atom stereocenters. The molecule has 3 atom stereocenters. The monoisotopic (exact) mass is 406 g/mol. The molecule has 3 heterocycles. The van der Waals surface area contributed by atoms with E-state index >= 15 is 0 Å². The number of aromatic nitrogens is 1. The van der Waals surface area contributed by atoms with Crippen LogP contribution in [0.2, 0.25) is 0 Å². The van der Waals surface area contributed by atoms with Crippen LogP contribution < -0.4 is 20.7 Å². The minimum Gasteiger partial charge on any atom is -0.494 e. The molecule has 27 heavy (non-hydrogen) atoms. The van der Waals surface area contributed by atoms with E-state index in [9.17, 15) is 9.59 Å². The highest BCUT2D eigenvalue weighted by Gasteiger charge is 2.42. The van der Waals surface area contributed by atoms with Gasteiger partial charge in [-0.1, -0.05) is 23.8 Å². The van der Waals surface area contributed by atoms with Crippen LogP contribution in [-0.2, 0) is 4.79 Å². The van der Waals surface area contributed by atoms with Crippen LogP contribution in [0.3, 0.4) is 0 Å². The third-order valence-corrected chi connectivity index (χ3v) is 7.37. The summed E-state index contributed by atoms with van der Waals surface area (Å²) in [5, 5.41) is 9.89. The van der Waals surface area contributed by atoms with Gasteiger partial charge in [-0.15, -0.1) is 0 Å². The van der Waals surface area contributed by atoms with Crippen molar-refractivity contribution >= 4 is 50.4 Å². The number of nitrogens with zero attached hydrogens (tertiary/aromatic N) is 1. The number of fused-ring (bicyclic) bond motifs is 2. The van der Waals surface area contributed by atoms with Gasteiger partial charge in [-0.05, 0) is 25.0 Å². The molecule has 0 bridgehead atoms. The number of nitrogens with one attached hydrogen (secondary N) is 3. The Balaban J connectivity index is 1.23. The van der Waals surface area contributed by atoms with Crippen LogP contribution in [0.15, 0.2) is 18.2 Å². The Labute approximate surface area is 165 Å². The Kier molecular flexibility index (Phi) is 5.40. The van der Waals surface area contributed by atoms with Gasteiger partial charge >= 0.3 is 6.03 Å². The molecule has 0 spiro atoms. The Hall–Kier alpha value is -2.00. The number of benzene rings is 1. The number of para-hydroxylation sites is 1. The highest BCUT2D eigenvalue weighted by molar-refractivity contribution is 8.00. The number of carbonyl (C=O) groups is 2. The minimum atomic E-state index is -0.0536. The van der Waals surface area contributed by atoms with Gasteiger partial charge in [0.25, 0.3) is 0 Å². The fourth-order valence-electron chi connectivity index (χ4n) is 3.60. The topological polar surface area (TPSA) is 92.4 Å². The molecule has 2 fully saturated rings. The Morgan fingerprint density at radius 2 is 2.26 bits per heavy atom. The van der Waals surface area contributed by atoms with Crippen LogP contribution in [0.5, 0.6) is 5.75 Å². The van der Waals surface area contributed by atoms with Gasteiger partial charge in [-0.2, -0.15) is 11.8 Å². The van der Waals surface area contributed by atoms with E-state index in [0.29, 0.717) is 22.6 Å². The predicted octanol–water partition coefficient (Wildman–Crippen LogP) is 2.97. The van der Waals surface area contributed by atoms with E-state index in [0.717, 1.165) is 35.2 Å². The molecule has 1 aromatic carbocycles. The van der Waals surface area contributed by atoms with Crippen molar-refractivity contribution in [2.24, 2.45) is 0 Å². The van der Waals surface area contributed by atoms with Crippen molar-refractivity contribution in [1.82, 2.24) is 15.6 Å². The Morgan fingerprint density at radius 3 is 3.11 bits per heavy atom. The number of hydrogen-bond acceptors (Lipinski definition) is 6. The molecular formula is C18H22N4O3S2. The molecule has 1 aromatic heterocycles. The maximum absolute atomic E-state index is 12.2. The van der Waals surface area contributed by atoms with Crippen LogP contribution in [-0.4, -0.2) is 47.1 Å². The number of ether oxygens (including phenoxy) is 1. The van der Waals surface area contributed by atoms with Gasteiger partial charge in [-0.3, -0.25) is 4.79 Å². The number of rotatable bonds is 7. The summed E-state index contributed by atoms with van der Waals surface area (Å²) >= 11 is 3.36. The molecule has 4 rings (SSSR count). The minimum absolute atomic E-state index is 0.0131. The van der Waals surface area contributed by atoms with Crippen LogP contribution in [0, 0.1) is 0 Å². The first kappa shape index (κ1) is 18.4. The summed E-state index contributed by atoms with van der Waals surface area (Å²) < 4.78 is 6.30. The number of thiazole rings is 1. The number of unbranched alkanes of at least 4 members (excludes halogenated alkanes) is 1. The molecule has 2 aliphatic heterocycles. The largest absolute Gasteiger partial charge is 0.494 e. The van der Waals surface area contributed by atoms with E-state index in [2.05, 4.69) is 20.9 Å². The van der Waals surface area contributed by atoms with Crippen molar-refractivity contribution in [2.75, 3.05) is 18.2 Å². The highest BCUT2D eigenvalue weighted by Crippen LogP contribution is 2.34. The second kappa shape index (κ2) is 7.93. The standard InChI is InChI=1S/C18H22N4O3S2/c1-25-11-5-4-7-13-16(11)22-18(27-13)20-14(23)8-3-2-6-12-15-10(9-26-12)19-17(24)21-15/h4-5,7,10,12,15H,2-3,6,8-9H2,1H3,(H2,19,21,24)(H,20,22,23)/t10-,12-,15-/m0/s1. The van der Waals surface area contributed by atoms with E-state index in [4.69, 9.17) is 4.74 Å². The van der Waals surface area contributed by atoms with E-state index in [1.54, 1.807) is 7.11 Å². The maximum Gasteiger partial charge on any atom is 0.315 e. The fraction of sp³-hybridized carbons (Fsp3) is 0.500. The molecule has 2 saturated heterocycles. The van der Waals surface area contributed by atoms with Crippen LogP contribution in [0.1, 0.15) is 25.7 Å². The van der Waals surface area contributed by atoms with Gasteiger partial charge in [-0.25, -0.2) is 9.78 Å². The normalized spacial score (nSPS) is 23.7. The molecule has 3 N–H and O–H groups in total. The second-order valence-corrected chi connectivity index (χ2v) is 9.04. The molecule has 2 aliphatic rings. The zero-order chi connectivity index (χ0) is 18.8. The molecular weight excluding hydrogens is 384 g/mol. The lowest BCUT2D eigenvalue weighted by molar-refractivity contribution is -0.116. The van der Waals surface area contributed by atoms with Crippen molar-refractivity contribution < 1.29 is 14.3 Å². The first-order chi connectivity index (χ1) is 13.1. The quantitative estimate of drug-likeness (QED) is 0.486. The average Bonchev–Trinajstić information content (AvgIpc) is 3.32. The Morgan fingerprint density at radius 1 is 1.37 bits per heavy atom. The summed E-state index contributed by atoms with van der Waals surface area (Å²) in [6.07, 6.45) is 3.29. The Bertz CT molecular complexity index is 856. The summed E-state index contributed by atoms with van der Waals surface area (Å²) in [5.74, 6) is 1.67. The lowest BCUT2D eigenvalue weighted by atomic mass is 10.0.